The number of hydrogen-bond donors (Lipinski definition) is 3. The number of hydrogen-bond acceptors (Lipinski definition) is 11. The number of aliphatic hydroxyl groups is 2. The van der Waals surface area contributed by atoms with Crippen LogP contribution >= 0.6 is 0 Å². The molecule has 6 aromatic heterocycles. The molecule has 3 N–H and O–H groups in total. The van der Waals surface area contributed by atoms with Gasteiger partial charge >= 0.3 is 5.97 Å². The molecule has 6 heterocycles. The summed E-state index contributed by atoms with van der Waals surface area (Å²) in [5, 5.41) is 33.3. The molecule has 0 atom stereocenters. The predicted octanol–water partition coefficient (Wildman–Crippen LogP) is 24.0. The molecule has 0 bridgehead atoms. The number of ketones is 2. The second-order valence-corrected chi connectivity index (χ2v) is 26.2. The van der Waals surface area contributed by atoms with Gasteiger partial charge in [-0.15, -0.1) is 171 Å². The molecule has 599 valence electrons. The minimum Gasteiger partial charge on any atom is -0.512 e. The average Bonchev–Trinajstić information content (AvgIpc) is 0.820. The van der Waals surface area contributed by atoms with Crippen LogP contribution in [-0.4, -0.2) is 62.8 Å². The van der Waals surface area contributed by atoms with Gasteiger partial charge in [0.1, 0.15) is 5.69 Å². The minimum atomic E-state index is -0.990. The van der Waals surface area contributed by atoms with Gasteiger partial charge in [-0.1, -0.05) is 215 Å². The normalized spacial score (nSPS) is 10.2. The van der Waals surface area contributed by atoms with Crippen molar-refractivity contribution in [1.29, 1.82) is 0 Å². The number of aromatic carboxylic acids is 1. The Morgan fingerprint density at radius 2 is 0.718 bits per heavy atom. The molecule has 0 saturated carbocycles. The molecular weight excluding hydrogens is 2340 g/mol. The first kappa shape index (κ1) is 96.6. The van der Waals surface area contributed by atoms with Crippen LogP contribution in [0.1, 0.15) is 66.0 Å². The first-order valence-electron chi connectivity index (χ1n) is 36.2. The Balaban J connectivity index is 0.000000242. The molecule has 0 unspecified atom stereocenters. The van der Waals surface area contributed by atoms with Gasteiger partial charge in [0.15, 0.2) is 11.6 Å². The summed E-state index contributed by atoms with van der Waals surface area (Å²) in [6.45, 7) is 16.1. The fourth-order valence-electron chi connectivity index (χ4n) is 11.7. The van der Waals surface area contributed by atoms with Crippen molar-refractivity contribution in [3.8, 4) is 56.3 Å². The van der Waals surface area contributed by atoms with Crippen LogP contribution in [0.2, 0.25) is 0 Å². The van der Waals surface area contributed by atoms with Crippen LogP contribution in [0.15, 0.2) is 333 Å². The number of allylic oxidation sites excluding steroid dienone is 4. The van der Waals surface area contributed by atoms with Crippen LogP contribution in [0.3, 0.4) is 0 Å². The molecule has 117 heavy (non-hydrogen) atoms. The quantitative estimate of drug-likeness (QED) is 0.0743. The van der Waals surface area contributed by atoms with E-state index in [-0.39, 0.29) is 129 Å². The van der Waals surface area contributed by atoms with E-state index in [9.17, 15) is 14.4 Å². The summed E-state index contributed by atoms with van der Waals surface area (Å²) in [7, 11) is 0. The number of nitrogens with zero attached hydrogens (tertiary/aromatic N) is 6. The fourth-order valence-corrected chi connectivity index (χ4v) is 11.7. The Labute approximate surface area is 751 Å². The minimum absolute atomic E-state index is 0. The van der Waals surface area contributed by atoms with E-state index in [0.717, 1.165) is 100 Å². The summed E-state index contributed by atoms with van der Waals surface area (Å²) in [5.41, 5.74) is 21.4. The number of rotatable bonds is 8. The summed E-state index contributed by atoms with van der Waals surface area (Å²) in [4.78, 5) is 57.2. The van der Waals surface area contributed by atoms with Gasteiger partial charge in [-0.3, -0.25) is 34.5 Å². The van der Waals surface area contributed by atoms with Gasteiger partial charge in [-0.2, -0.15) is 0 Å². The van der Waals surface area contributed by atoms with Gasteiger partial charge in [0, 0.05) is 119 Å². The zero-order chi connectivity index (χ0) is 79.3. The molecule has 12 nitrogen and oxygen atoms in total. The van der Waals surface area contributed by atoms with E-state index >= 15 is 0 Å². The number of carboxylic acid groups (broad SMARTS) is 1. The number of aliphatic hydroxyl groups excluding tert-OH is 2. The summed E-state index contributed by atoms with van der Waals surface area (Å²) in [6, 6.07) is 118. The maximum Gasteiger partial charge on any atom is 0.354 e. The summed E-state index contributed by atoms with van der Waals surface area (Å²) < 4.78 is 0. The van der Waals surface area contributed by atoms with Gasteiger partial charge in [-0.05, 0) is 132 Å². The van der Waals surface area contributed by atoms with Crippen molar-refractivity contribution in [2.75, 3.05) is 0 Å². The molecule has 17 aromatic rings. The zero-order valence-electron chi connectivity index (χ0n) is 65.5. The van der Waals surface area contributed by atoms with Gasteiger partial charge in [-0.25, -0.2) is 9.78 Å². The van der Waals surface area contributed by atoms with Gasteiger partial charge in [0.25, 0.3) is 0 Å². The van der Waals surface area contributed by atoms with Crippen molar-refractivity contribution in [2.24, 2.45) is 0 Å². The number of para-hydroxylation sites is 5. The predicted molar refractivity (Wildman–Crippen MR) is 457 cm³/mol. The molecule has 17 rings (SSSR count). The Bertz CT molecular complexity index is 6040. The molecule has 0 fully saturated rings. The Kier molecular flexibility index (Phi) is 40.6. The molecule has 0 aliphatic rings. The summed E-state index contributed by atoms with van der Waals surface area (Å²) in [6.07, 6.45) is 3.78. The second kappa shape index (κ2) is 49.2. The standard InChI is InChI=1S/C19H12N.2C17H14N.C16H12N.C15H10N.C6H5NO2.2C5H8O2.5Ir/c1-2-7-16-13-17(10-9-14(16)5-1)19-12-11-15-6-3-4-8-18(15)20-19;1-12-6-5-8-15(10-12)17-13(2)11-14-7-3-4-9-16(14)18-17;1-12-9-13(2)11-15(10-12)17-8-7-14-5-3-4-6-16(14)18-17;1-12-5-4-7-14(11-12)16-10-9-13-6-2-3-8-15(13)17-16;1-2-6-12(7-3-1)15-11-10-13-8-4-5-9-14(13)16-15;8-6(9)5-3-1-2-4-7-5;2*1-4(6)3-5(2)7;;;;;/h1-9,11-13H;3-9,11H,1-2H3;3-10H,1-2H3;2-6,8-11H,1H3;1-6,8-11H;1-4H,(H,8,9);2*3,6H,1-2H3;;;;;/q5*-1;;;;;;;;. The largest absolute Gasteiger partial charge is 0.512 e. The fraction of sp³-hybridized carbons (Fsp3) is 0.0900. The van der Waals surface area contributed by atoms with Gasteiger partial charge in [0.05, 0.1) is 39.1 Å². The number of carboxylic acids is 1. The average molecular weight is 2430 g/mol. The van der Waals surface area contributed by atoms with E-state index in [1.54, 1.807) is 12.1 Å². The van der Waals surface area contributed by atoms with Crippen LogP contribution in [0.5, 0.6) is 0 Å². The van der Waals surface area contributed by atoms with E-state index in [1.165, 1.54) is 101 Å². The Morgan fingerprint density at radius 3 is 1.14 bits per heavy atom. The molecule has 0 spiro atoms. The summed E-state index contributed by atoms with van der Waals surface area (Å²) >= 11 is 0. The SMILES string of the molecule is CC(=O)C=C(C)O.CC(=O)C=C(C)O.Cc1[c-]c(-c2ccc3ccccc3n2)cc(C)c1.Cc1[c-]c(-c2nc3ccccc3cc2C)ccc1.Cc1cc[c-]c(-c2ccc3ccccc3n2)c1.O=C(O)c1ccccn1.[Ir].[Ir].[Ir].[Ir].[Ir].[c-]1cc2ccccc2cc1-c1ccc2ccccc2n1.[c-]1ccccc1-c1ccc2ccccc2n1. The monoisotopic (exact) mass is 2430 g/mol. The molecule has 0 aliphatic heterocycles. The van der Waals surface area contributed by atoms with Crippen LogP contribution in [0, 0.1) is 65.0 Å². The summed E-state index contributed by atoms with van der Waals surface area (Å²) in [5.74, 6) is -1.12. The molecule has 17 heteroatoms. The zero-order valence-corrected chi connectivity index (χ0v) is 77.5. The van der Waals surface area contributed by atoms with Crippen molar-refractivity contribution in [3.05, 3.63) is 397 Å². The number of fused-ring (bicyclic) bond motifs is 6. The molecule has 0 saturated heterocycles. The number of benzene rings is 11. The number of carbonyl (C=O) groups is 3. The van der Waals surface area contributed by atoms with Crippen molar-refractivity contribution in [2.45, 2.75) is 62.3 Å². The maximum absolute atomic E-state index is 10.1. The second-order valence-electron chi connectivity index (χ2n) is 26.2. The van der Waals surface area contributed by atoms with Crippen LogP contribution in [-0.2, 0) is 110 Å². The third kappa shape index (κ3) is 30.2. The molecule has 11 aromatic carbocycles. The van der Waals surface area contributed by atoms with Gasteiger partial charge < -0.3 is 15.3 Å². The van der Waals surface area contributed by atoms with E-state index in [1.807, 2.05) is 152 Å². The van der Waals surface area contributed by atoms with Gasteiger partial charge in [0.2, 0.25) is 0 Å². The third-order valence-electron chi connectivity index (χ3n) is 16.8. The number of pyridine rings is 6. The van der Waals surface area contributed by atoms with E-state index < -0.39 is 5.97 Å². The van der Waals surface area contributed by atoms with Crippen molar-refractivity contribution in [3.63, 3.8) is 0 Å². The van der Waals surface area contributed by atoms with Crippen LogP contribution in [0.25, 0.3) is 122 Å². The third-order valence-corrected chi connectivity index (χ3v) is 16.8. The molecular formula is C100H83Ir5N6O6-5. The van der Waals surface area contributed by atoms with Crippen LogP contribution < -0.4 is 0 Å². The van der Waals surface area contributed by atoms with E-state index in [4.69, 9.17) is 30.3 Å². The molecule has 5 radical (unpaired) electrons. The first-order chi connectivity index (χ1) is 54.2. The van der Waals surface area contributed by atoms with E-state index in [0.29, 0.717) is 0 Å². The maximum atomic E-state index is 10.1. The van der Waals surface area contributed by atoms with Crippen LogP contribution in [0.4, 0.5) is 0 Å². The number of aromatic nitrogens is 6. The van der Waals surface area contributed by atoms with Crippen molar-refractivity contribution in [1.82, 2.24) is 29.9 Å². The Hall–Kier alpha value is -11.0. The smallest absolute Gasteiger partial charge is 0.354 e. The topological polar surface area (TPSA) is 189 Å². The van der Waals surface area contributed by atoms with Crippen molar-refractivity contribution >= 4 is 82.8 Å². The number of aryl methyl sites for hydroxylation is 5. The number of carbonyl (C=O) groups excluding carboxylic acids is 2. The first-order valence-corrected chi connectivity index (χ1v) is 36.2. The molecule has 0 amide bonds. The Morgan fingerprint density at radius 1 is 0.316 bits per heavy atom. The van der Waals surface area contributed by atoms with Crippen molar-refractivity contribution < 1.29 is 130 Å². The molecule has 0 aliphatic carbocycles. The van der Waals surface area contributed by atoms with E-state index in [2.05, 4.69) is 213 Å².